The number of carboxylic acids is 1. The van der Waals surface area contributed by atoms with Gasteiger partial charge < -0.3 is 9.84 Å². The maximum absolute atomic E-state index is 12.7. The summed E-state index contributed by atoms with van der Waals surface area (Å²) in [6, 6.07) is 12.7. The number of sulfonamides is 1. The maximum Gasteiger partial charge on any atom is 0.339 e. The number of hydrogen-bond donors (Lipinski definition) is 1. The molecule has 1 fully saturated rings. The standard InChI is InChI=1S/C21H24N2O6S/c1-16-6-8-17(9-7-16)30(27,28)23-12-10-22(11-13-23)14-15-29-21(26)19-5-3-2-4-18(19)20(24)25/h2-9H,10-15H2,1H3,(H,24,25). The molecule has 2 aromatic rings. The minimum Gasteiger partial charge on any atom is -0.478 e. The van der Waals surface area contributed by atoms with Gasteiger partial charge in [-0.15, -0.1) is 0 Å². The van der Waals surface area contributed by atoms with Gasteiger partial charge in [0.05, 0.1) is 16.0 Å². The molecule has 0 atom stereocenters. The van der Waals surface area contributed by atoms with E-state index in [1.807, 2.05) is 11.8 Å². The van der Waals surface area contributed by atoms with E-state index in [2.05, 4.69) is 0 Å². The van der Waals surface area contributed by atoms with Crippen LogP contribution in [0.25, 0.3) is 0 Å². The SMILES string of the molecule is Cc1ccc(S(=O)(=O)N2CCN(CCOC(=O)c3ccccc3C(=O)O)CC2)cc1. The number of carbonyl (C=O) groups is 2. The molecule has 9 heteroatoms. The third kappa shape index (κ3) is 5.05. The lowest BCUT2D eigenvalue weighted by atomic mass is 10.1. The van der Waals surface area contributed by atoms with Gasteiger partial charge >= 0.3 is 11.9 Å². The van der Waals surface area contributed by atoms with Gasteiger partial charge in [-0.2, -0.15) is 4.31 Å². The molecular formula is C21H24N2O6S. The van der Waals surface area contributed by atoms with Crippen molar-refractivity contribution < 1.29 is 27.9 Å². The summed E-state index contributed by atoms with van der Waals surface area (Å²) in [5.74, 6) is -1.87. The zero-order valence-corrected chi connectivity index (χ0v) is 17.5. The van der Waals surface area contributed by atoms with E-state index in [4.69, 9.17) is 9.84 Å². The van der Waals surface area contributed by atoms with Crippen molar-refractivity contribution in [1.82, 2.24) is 9.21 Å². The van der Waals surface area contributed by atoms with Crippen molar-refractivity contribution in [2.75, 3.05) is 39.3 Å². The Morgan fingerprint density at radius 3 is 2.17 bits per heavy atom. The summed E-state index contributed by atoms with van der Waals surface area (Å²) < 4.78 is 32.2. The second-order valence-electron chi connectivity index (χ2n) is 7.05. The molecule has 0 unspecified atom stereocenters. The van der Waals surface area contributed by atoms with E-state index in [0.717, 1.165) is 5.56 Å². The van der Waals surface area contributed by atoms with Crippen LogP contribution in [0.5, 0.6) is 0 Å². The first kappa shape index (κ1) is 21.9. The van der Waals surface area contributed by atoms with E-state index in [0.29, 0.717) is 32.7 Å². The molecule has 1 saturated heterocycles. The summed E-state index contributed by atoms with van der Waals surface area (Å²) in [6.45, 7) is 4.19. The van der Waals surface area contributed by atoms with Crippen molar-refractivity contribution in [2.45, 2.75) is 11.8 Å². The molecule has 0 spiro atoms. The predicted octanol–water partition coefficient (Wildman–Crippen LogP) is 1.86. The van der Waals surface area contributed by atoms with Crippen LogP contribution >= 0.6 is 0 Å². The highest BCUT2D eigenvalue weighted by molar-refractivity contribution is 7.89. The van der Waals surface area contributed by atoms with Crippen LogP contribution in [0.4, 0.5) is 0 Å². The molecule has 0 amide bonds. The molecule has 1 heterocycles. The summed E-state index contributed by atoms with van der Waals surface area (Å²) in [4.78, 5) is 25.7. The predicted molar refractivity (Wildman–Crippen MR) is 110 cm³/mol. The topological polar surface area (TPSA) is 104 Å². The molecule has 1 aliphatic rings. The fourth-order valence-corrected chi connectivity index (χ4v) is 4.67. The van der Waals surface area contributed by atoms with E-state index >= 15 is 0 Å². The number of rotatable bonds is 7. The Morgan fingerprint density at radius 2 is 1.57 bits per heavy atom. The average molecular weight is 432 g/mol. The van der Waals surface area contributed by atoms with Crippen LogP contribution in [-0.2, 0) is 14.8 Å². The normalized spacial score (nSPS) is 15.6. The van der Waals surface area contributed by atoms with E-state index < -0.39 is 22.0 Å². The number of ether oxygens (including phenoxy) is 1. The molecule has 0 aliphatic carbocycles. The first-order valence-electron chi connectivity index (χ1n) is 9.57. The summed E-state index contributed by atoms with van der Waals surface area (Å²) in [5.41, 5.74) is 0.913. The Bertz CT molecular complexity index is 1010. The zero-order valence-electron chi connectivity index (χ0n) is 16.7. The van der Waals surface area contributed by atoms with Gasteiger partial charge in [0.1, 0.15) is 6.61 Å². The van der Waals surface area contributed by atoms with Crippen LogP contribution in [0.15, 0.2) is 53.4 Å². The quantitative estimate of drug-likeness (QED) is 0.666. The van der Waals surface area contributed by atoms with Gasteiger partial charge in [-0.1, -0.05) is 29.8 Å². The summed E-state index contributed by atoms with van der Waals surface area (Å²) in [6.07, 6.45) is 0. The third-order valence-corrected chi connectivity index (χ3v) is 6.92. The van der Waals surface area contributed by atoms with Crippen LogP contribution in [0.2, 0.25) is 0 Å². The number of esters is 1. The van der Waals surface area contributed by atoms with Crippen molar-refractivity contribution in [2.24, 2.45) is 0 Å². The molecule has 0 bridgehead atoms. The monoisotopic (exact) mass is 432 g/mol. The molecule has 0 aromatic heterocycles. The molecule has 1 aliphatic heterocycles. The lowest BCUT2D eigenvalue weighted by Gasteiger charge is -2.33. The lowest BCUT2D eigenvalue weighted by molar-refractivity contribution is 0.0437. The Morgan fingerprint density at radius 1 is 0.967 bits per heavy atom. The van der Waals surface area contributed by atoms with Gasteiger partial charge in [0, 0.05) is 32.7 Å². The summed E-state index contributed by atoms with van der Waals surface area (Å²) in [5, 5.41) is 9.16. The van der Waals surface area contributed by atoms with Crippen molar-refractivity contribution in [3.63, 3.8) is 0 Å². The number of hydrogen-bond acceptors (Lipinski definition) is 6. The van der Waals surface area contributed by atoms with Gasteiger partial charge in [-0.25, -0.2) is 18.0 Å². The molecule has 160 valence electrons. The van der Waals surface area contributed by atoms with Gasteiger partial charge in [-0.3, -0.25) is 4.90 Å². The van der Waals surface area contributed by atoms with E-state index in [-0.39, 0.29) is 22.6 Å². The Kier molecular flexibility index (Phi) is 6.86. The van der Waals surface area contributed by atoms with Crippen LogP contribution in [0, 0.1) is 6.92 Å². The van der Waals surface area contributed by atoms with E-state index in [1.54, 1.807) is 36.4 Å². The Balaban J connectivity index is 1.49. The Labute approximate surface area is 175 Å². The number of carbonyl (C=O) groups excluding carboxylic acids is 1. The van der Waals surface area contributed by atoms with Crippen LogP contribution in [0.1, 0.15) is 26.3 Å². The second-order valence-corrected chi connectivity index (χ2v) is 8.98. The number of aryl methyl sites for hydroxylation is 1. The first-order valence-corrected chi connectivity index (χ1v) is 11.0. The molecule has 0 saturated carbocycles. The smallest absolute Gasteiger partial charge is 0.339 e. The molecule has 3 rings (SSSR count). The fraction of sp³-hybridized carbons (Fsp3) is 0.333. The highest BCUT2D eigenvalue weighted by Gasteiger charge is 2.28. The minimum atomic E-state index is -3.52. The summed E-state index contributed by atoms with van der Waals surface area (Å²) >= 11 is 0. The average Bonchev–Trinajstić information content (AvgIpc) is 2.74. The van der Waals surface area contributed by atoms with Crippen LogP contribution in [0.3, 0.4) is 0 Å². The Hall–Kier alpha value is -2.75. The first-order chi connectivity index (χ1) is 14.3. The molecular weight excluding hydrogens is 408 g/mol. The van der Waals surface area contributed by atoms with Crippen LogP contribution in [-0.4, -0.2) is 74.0 Å². The number of piperazine rings is 1. The number of benzene rings is 2. The maximum atomic E-state index is 12.7. The largest absolute Gasteiger partial charge is 0.478 e. The van der Waals surface area contributed by atoms with Gasteiger partial charge in [0.2, 0.25) is 10.0 Å². The number of aromatic carboxylic acids is 1. The third-order valence-electron chi connectivity index (χ3n) is 5.01. The van der Waals surface area contributed by atoms with Gasteiger partial charge in [0.25, 0.3) is 0 Å². The lowest BCUT2D eigenvalue weighted by Crippen LogP contribution is -2.49. The second kappa shape index (κ2) is 9.38. The fourth-order valence-electron chi connectivity index (χ4n) is 3.25. The van der Waals surface area contributed by atoms with Crippen molar-refractivity contribution >= 4 is 22.0 Å². The summed E-state index contributed by atoms with van der Waals surface area (Å²) in [7, 11) is -3.52. The van der Waals surface area contributed by atoms with Crippen molar-refractivity contribution in [3.8, 4) is 0 Å². The number of carboxylic acid groups (broad SMARTS) is 1. The van der Waals surface area contributed by atoms with Gasteiger partial charge in [0.15, 0.2) is 0 Å². The highest BCUT2D eigenvalue weighted by atomic mass is 32.2. The molecule has 0 radical (unpaired) electrons. The zero-order chi connectivity index (χ0) is 21.7. The van der Waals surface area contributed by atoms with Crippen molar-refractivity contribution in [3.05, 3.63) is 65.2 Å². The molecule has 8 nitrogen and oxygen atoms in total. The van der Waals surface area contributed by atoms with Gasteiger partial charge in [-0.05, 0) is 31.2 Å². The minimum absolute atomic E-state index is 0.0130. The highest BCUT2D eigenvalue weighted by Crippen LogP contribution is 2.18. The van der Waals surface area contributed by atoms with E-state index in [9.17, 15) is 18.0 Å². The van der Waals surface area contributed by atoms with Crippen LogP contribution < -0.4 is 0 Å². The van der Waals surface area contributed by atoms with Crippen molar-refractivity contribution in [1.29, 1.82) is 0 Å². The molecule has 1 N–H and O–H groups in total. The molecule has 2 aromatic carbocycles. The van der Waals surface area contributed by atoms with E-state index in [1.165, 1.54) is 16.4 Å². The number of nitrogens with zero attached hydrogens (tertiary/aromatic N) is 2. The molecule has 30 heavy (non-hydrogen) atoms.